The Kier molecular flexibility index (Phi) is 3.17. The summed E-state index contributed by atoms with van der Waals surface area (Å²) < 4.78 is 0. The van der Waals surface area contributed by atoms with Gasteiger partial charge < -0.3 is 10.4 Å². The van der Waals surface area contributed by atoms with Gasteiger partial charge in [0.2, 0.25) is 0 Å². The second-order valence-corrected chi connectivity index (χ2v) is 4.61. The van der Waals surface area contributed by atoms with Crippen LogP contribution in [0.25, 0.3) is 0 Å². The van der Waals surface area contributed by atoms with Crippen molar-refractivity contribution in [2.24, 2.45) is 0 Å². The summed E-state index contributed by atoms with van der Waals surface area (Å²) in [5, 5.41) is 23.4. The van der Waals surface area contributed by atoms with E-state index in [0.29, 0.717) is 12.4 Å². The maximum atomic E-state index is 10.6. The molecule has 0 unspecified atom stereocenters. The van der Waals surface area contributed by atoms with Gasteiger partial charge in [0.15, 0.2) is 0 Å². The number of rotatable bonds is 4. The quantitative estimate of drug-likeness (QED) is 0.489. The highest BCUT2D eigenvalue weighted by Crippen LogP contribution is 2.31. The number of aromatic nitrogens is 1. The Bertz CT molecular complexity index is 448. The molecule has 0 amide bonds. The Labute approximate surface area is 103 Å². The van der Waals surface area contributed by atoms with Gasteiger partial charge in [-0.2, -0.15) is 0 Å². The van der Waals surface area contributed by atoms with Gasteiger partial charge in [0.1, 0.15) is 11.0 Å². The topological polar surface area (TPSA) is 88.3 Å². The van der Waals surface area contributed by atoms with Crippen molar-refractivity contribution in [2.75, 3.05) is 11.9 Å². The van der Waals surface area contributed by atoms with Crippen molar-refractivity contribution in [3.05, 3.63) is 27.4 Å². The first-order valence-electron chi connectivity index (χ1n) is 5.27. The minimum absolute atomic E-state index is 0.0577. The van der Waals surface area contributed by atoms with Crippen LogP contribution in [-0.2, 0) is 0 Å². The summed E-state index contributed by atoms with van der Waals surface area (Å²) in [6.45, 7) is 0.331. The minimum Gasteiger partial charge on any atom is -0.388 e. The molecular weight excluding hydrogens is 246 g/mol. The van der Waals surface area contributed by atoms with E-state index in [1.54, 1.807) is 0 Å². The van der Waals surface area contributed by atoms with Gasteiger partial charge in [-0.05, 0) is 19.3 Å². The molecule has 0 aliphatic heterocycles. The zero-order chi connectivity index (χ0) is 12.5. The molecule has 0 saturated heterocycles. The zero-order valence-corrected chi connectivity index (χ0v) is 9.78. The number of nitrogens with zero attached hydrogens (tertiary/aromatic N) is 2. The van der Waals surface area contributed by atoms with Crippen molar-refractivity contribution >= 4 is 23.1 Å². The number of nitro groups is 1. The highest BCUT2D eigenvalue weighted by molar-refractivity contribution is 6.29. The van der Waals surface area contributed by atoms with Gasteiger partial charge in [0.25, 0.3) is 5.69 Å². The molecule has 0 spiro atoms. The van der Waals surface area contributed by atoms with Gasteiger partial charge in [0, 0.05) is 6.54 Å². The molecule has 1 heterocycles. The average Bonchev–Trinajstić information content (AvgIpc) is 2.23. The lowest BCUT2D eigenvalue weighted by molar-refractivity contribution is -0.384. The smallest absolute Gasteiger partial charge is 0.276 e. The Morgan fingerprint density at radius 3 is 2.82 bits per heavy atom. The number of nitrogens with one attached hydrogen (secondary N) is 1. The lowest BCUT2D eigenvalue weighted by Gasteiger charge is -2.36. The van der Waals surface area contributed by atoms with Crippen molar-refractivity contribution < 1.29 is 10.0 Å². The highest BCUT2D eigenvalue weighted by atomic mass is 35.5. The van der Waals surface area contributed by atoms with Crippen LogP contribution in [0.3, 0.4) is 0 Å². The van der Waals surface area contributed by atoms with Gasteiger partial charge in [-0.15, -0.1) is 0 Å². The summed E-state index contributed by atoms with van der Waals surface area (Å²) >= 11 is 5.67. The van der Waals surface area contributed by atoms with Gasteiger partial charge in [-0.3, -0.25) is 10.1 Å². The highest BCUT2D eigenvalue weighted by Gasteiger charge is 2.34. The van der Waals surface area contributed by atoms with Crippen LogP contribution >= 0.6 is 11.6 Å². The molecule has 0 atom stereocenters. The van der Waals surface area contributed by atoms with Crippen molar-refractivity contribution in [1.82, 2.24) is 4.98 Å². The zero-order valence-electron chi connectivity index (χ0n) is 9.02. The summed E-state index contributed by atoms with van der Waals surface area (Å²) in [5.41, 5.74) is -0.827. The second-order valence-electron chi connectivity index (χ2n) is 4.22. The normalized spacial score (nSPS) is 17.3. The molecule has 1 aromatic heterocycles. The molecular formula is C10H12ClN3O3. The number of anilines is 1. The average molecular weight is 258 g/mol. The van der Waals surface area contributed by atoms with Crippen molar-refractivity contribution in [3.8, 4) is 0 Å². The summed E-state index contributed by atoms with van der Waals surface area (Å²) in [5.74, 6) is 0.310. The van der Waals surface area contributed by atoms with E-state index in [1.165, 1.54) is 12.1 Å². The third-order valence-electron chi connectivity index (χ3n) is 2.87. The number of hydrogen-bond acceptors (Lipinski definition) is 5. The number of pyridine rings is 1. The van der Waals surface area contributed by atoms with Gasteiger partial charge in [-0.1, -0.05) is 11.6 Å². The molecule has 1 aliphatic rings. The van der Waals surface area contributed by atoms with Crippen LogP contribution in [0.2, 0.25) is 5.15 Å². The first-order valence-corrected chi connectivity index (χ1v) is 5.65. The predicted molar refractivity (Wildman–Crippen MR) is 63.2 cm³/mol. The van der Waals surface area contributed by atoms with Crippen LogP contribution < -0.4 is 5.32 Å². The molecule has 1 fully saturated rings. The Hall–Kier alpha value is -1.40. The summed E-state index contributed by atoms with van der Waals surface area (Å²) in [6, 6.07) is 2.48. The van der Waals surface area contributed by atoms with Gasteiger partial charge in [0.05, 0.1) is 22.7 Å². The van der Waals surface area contributed by atoms with Crippen LogP contribution in [0, 0.1) is 10.1 Å². The largest absolute Gasteiger partial charge is 0.388 e. The maximum absolute atomic E-state index is 10.6. The molecule has 1 aliphatic carbocycles. The van der Waals surface area contributed by atoms with E-state index >= 15 is 0 Å². The first kappa shape index (κ1) is 12.1. The van der Waals surface area contributed by atoms with Crippen molar-refractivity contribution in [2.45, 2.75) is 24.9 Å². The first-order chi connectivity index (χ1) is 7.98. The van der Waals surface area contributed by atoms with Crippen LogP contribution in [0.4, 0.5) is 11.5 Å². The van der Waals surface area contributed by atoms with E-state index in [1.807, 2.05) is 0 Å². The van der Waals surface area contributed by atoms with Crippen molar-refractivity contribution in [3.63, 3.8) is 0 Å². The van der Waals surface area contributed by atoms with Crippen LogP contribution in [-0.4, -0.2) is 27.2 Å². The second kappa shape index (κ2) is 4.46. The molecule has 6 nitrogen and oxygen atoms in total. The molecule has 7 heteroatoms. The van der Waals surface area contributed by atoms with Gasteiger partial charge in [-0.25, -0.2) is 4.98 Å². The molecule has 0 radical (unpaired) electrons. The SMILES string of the molecule is O=[N+]([O-])c1cc(Cl)nc(NCC2(O)CCC2)c1. The van der Waals surface area contributed by atoms with E-state index in [4.69, 9.17) is 11.6 Å². The van der Waals surface area contributed by atoms with E-state index in [9.17, 15) is 15.2 Å². The molecule has 0 aromatic carbocycles. The van der Waals surface area contributed by atoms with E-state index < -0.39 is 10.5 Å². The molecule has 92 valence electrons. The predicted octanol–water partition coefficient (Wildman–Crippen LogP) is 1.97. The Morgan fingerprint density at radius 2 is 2.29 bits per heavy atom. The molecule has 1 aromatic rings. The lowest BCUT2D eigenvalue weighted by atomic mass is 9.80. The summed E-state index contributed by atoms with van der Waals surface area (Å²) in [7, 11) is 0. The third kappa shape index (κ3) is 2.83. The van der Waals surface area contributed by atoms with Crippen LogP contribution in [0.1, 0.15) is 19.3 Å². The maximum Gasteiger partial charge on any atom is 0.276 e. The van der Waals surface area contributed by atoms with E-state index in [2.05, 4.69) is 10.3 Å². The van der Waals surface area contributed by atoms with Gasteiger partial charge >= 0.3 is 0 Å². The fourth-order valence-corrected chi connectivity index (χ4v) is 1.90. The monoisotopic (exact) mass is 257 g/mol. The number of aliphatic hydroxyl groups is 1. The van der Waals surface area contributed by atoms with Crippen LogP contribution in [0.5, 0.6) is 0 Å². The molecule has 2 N–H and O–H groups in total. The van der Waals surface area contributed by atoms with E-state index in [-0.39, 0.29) is 10.8 Å². The fraction of sp³-hybridized carbons (Fsp3) is 0.500. The molecule has 1 saturated carbocycles. The lowest BCUT2D eigenvalue weighted by Crippen LogP contribution is -2.43. The van der Waals surface area contributed by atoms with Crippen molar-refractivity contribution in [1.29, 1.82) is 0 Å². The molecule has 2 rings (SSSR count). The summed E-state index contributed by atoms with van der Waals surface area (Å²) in [4.78, 5) is 14.0. The summed E-state index contributed by atoms with van der Waals surface area (Å²) in [6.07, 6.45) is 2.48. The molecule has 17 heavy (non-hydrogen) atoms. The standard InChI is InChI=1S/C10H12ClN3O3/c11-8-4-7(14(16)17)5-9(13-8)12-6-10(15)2-1-3-10/h4-5,15H,1-3,6H2,(H,12,13). The molecule has 0 bridgehead atoms. The van der Waals surface area contributed by atoms with Crippen LogP contribution in [0.15, 0.2) is 12.1 Å². The Balaban J connectivity index is 2.07. The Morgan fingerprint density at radius 1 is 1.59 bits per heavy atom. The number of hydrogen-bond donors (Lipinski definition) is 2. The third-order valence-corrected chi connectivity index (χ3v) is 3.07. The fourth-order valence-electron chi connectivity index (χ4n) is 1.70. The number of halogens is 1. The minimum atomic E-state index is -0.710. The van der Waals surface area contributed by atoms with E-state index in [0.717, 1.165) is 19.3 Å².